The second-order valence-corrected chi connectivity index (χ2v) is 6.52. The number of thiol groups is 1. The molecule has 1 saturated heterocycles. The predicted octanol–water partition coefficient (Wildman–Crippen LogP) is 1.95. The van der Waals surface area contributed by atoms with Crippen LogP contribution in [0.15, 0.2) is 18.3 Å². The maximum Gasteiger partial charge on any atom is 0.253 e. The Bertz CT molecular complexity index is 482. The smallest absolute Gasteiger partial charge is 0.253 e. The standard InChI is InChI=1S/C15H23N3O2S/c1-11(21)18-8-6-15(2,7-9-18)17-14(19)12-4-5-13(20-3)16-10-12/h4-5,10-11,21H,6-9H2,1-3H3,(H,17,19). The van der Waals surface area contributed by atoms with E-state index in [0.717, 1.165) is 25.9 Å². The zero-order valence-electron chi connectivity index (χ0n) is 12.8. The Balaban J connectivity index is 1.95. The first kappa shape index (κ1) is 16.1. The Morgan fingerprint density at radius 3 is 2.62 bits per heavy atom. The fourth-order valence-electron chi connectivity index (χ4n) is 2.50. The highest BCUT2D eigenvalue weighted by molar-refractivity contribution is 7.80. The van der Waals surface area contributed by atoms with E-state index >= 15 is 0 Å². The number of pyridine rings is 1. The van der Waals surface area contributed by atoms with Gasteiger partial charge in [-0.2, -0.15) is 12.6 Å². The summed E-state index contributed by atoms with van der Waals surface area (Å²) in [5, 5.41) is 3.40. The molecule has 116 valence electrons. The largest absolute Gasteiger partial charge is 0.481 e. The molecule has 1 fully saturated rings. The maximum absolute atomic E-state index is 12.3. The quantitative estimate of drug-likeness (QED) is 0.835. The number of methoxy groups -OCH3 is 1. The van der Waals surface area contributed by atoms with E-state index in [-0.39, 0.29) is 16.8 Å². The molecule has 1 aromatic heterocycles. The molecule has 1 aliphatic rings. The van der Waals surface area contributed by atoms with Crippen LogP contribution in [0.3, 0.4) is 0 Å². The van der Waals surface area contributed by atoms with Crippen LogP contribution in [-0.2, 0) is 0 Å². The van der Waals surface area contributed by atoms with Crippen molar-refractivity contribution >= 4 is 18.5 Å². The van der Waals surface area contributed by atoms with Crippen molar-refractivity contribution in [2.45, 2.75) is 37.6 Å². The van der Waals surface area contributed by atoms with E-state index in [1.807, 2.05) is 0 Å². The van der Waals surface area contributed by atoms with Gasteiger partial charge < -0.3 is 10.1 Å². The molecule has 0 bridgehead atoms. The van der Waals surface area contributed by atoms with E-state index in [2.05, 4.69) is 41.7 Å². The van der Waals surface area contributed by atoms with Crippen LogP contribution in [0.1, 0.15) is 37.0 Å². The lowest BCUT2D eigenvalue weighted by atomic mass is 9.89. The van der Waals surface area contributed by atoms with Gasteiger partial charge in [0.1, 0.15) is 0 Å². The molecule has 0 radical (unpaired) electrons. The summed E-state index contributed by atoms with van der Waals surface area (Å²) >= 11 is 4.46. The number of nitrogens with zero attached hydrogens (tertiary/aromatic N) is 2. The molecule has 2 rings (SSSR count). The normalized spacial score (nSPS) is 19.8. The van der Waals surface area contributed by atoms with Crippen LogP contribution in [0.2, 0.25) is 0 Å². The van der Waals surface area contributed by atoms with E-state index in [9.17, 15) is 4.79 Å². The SMILES string of the molecule is COc1ccc(C(=O)NC2(C)CCN(C(C)S)CC2)cn1. The first-order valence-electron chi connectivity index (χ1n) is 7.18. The van der Waals surface area contributed by atoms with Gasteiger partial charge in [0.15, 0.2) is 0 Å². The number of ether oxygens (including phenoxy) is 1. The zero-order valence-corrected chi connectivity index (χ0v) is 13.7. The molecule has 1 N–H and O–H groups in total. The van der Waals surface area contributed by atoms with Gasteiger partial charge >= 0.3 is 0 Å². The molecule has 0 aromatic carbocycles. The number of nitrogens with one attached hydrogen (secondary N) is 1. The lowest BCUT2D eigenvalue weighted by Gasteiger charge is -2.41. The molecule has 1 aromatic rings. The van der Waals surface area contributed by atoms with Gasteiger partial charge in [-0.1, -0.05) is 0 Å². The second-order valence-electron chi connectivity index (χ2n) is 5.77. The molecule has 21 heavy (non-hydrogen) atoms. The fourth-order valence-corrected chi connectivity index (χ4v) is 2.73. The van der Waals surface area contributed by atoms with Gasteiger partial charge in [0.2, 0.25) is 5.88 Å². The number of aromatic nitrogens is 1. The van der Waals surface area contributed by atoms with E-state index in [0.29, 0.717) is 11.4 Å². The summed E-state index contributed by atoms with van der Waals surface area (Å²) in [6.45, 7) is 6.07. The Morgan fingerprint density at radius 1 is 1.48 bits per heavy atom. The minimum absolute atomic E-state index is 0.0833. The highest BCUT2D eigenvalue weighted by Crippen LogP contribution is 2.24. The van der Waals surface area contributed by atoms with Crippen molar-refractivity contribution in [3.8, 4) is 5.88 Å². The second kappa shape index (κ2) is 6.66. The van der Waals surface area contributed by atoms with Crippen LogP contribution < -0.4 is 10.1 Å². The number of hydrogen-bond donors (Lipinski definition) is 2. The third kappa shape index (κ3) is 4.11. The molecule has 6 heteroatoms. The Hall–Kier alpha value is -1.27. The van der Waals surface area contributed by atoms with Crippen LogP contribution in [0.5, 0.6) is 5.88 Å². The highest BCUT2D eigenvalue weighted by Gasteiger charge is 2.32. The fraction of sp³-hybridized carbons (Fsp3) is 0.600. The van der Waals surface area contributed by atoms with Crippen molar-refractivity contribution in [3.05, 3.63) is 23.9 Å². The monoisotopic (exact) mass is 309 g/mol. The first-order chi connectivity index (χ1) is 9.93. The van der Waals surface area contributed by atoms with Gasteiger partial charge in [-0.3, -0.25) is 9.69 Å². The summed E-state index contributed by atoms with van der Waals surface area (Å²) < 4.78 is 5.00. The van der Waals surface area contributed by atoms with Crippen LogP contribution in [0.25, 0.3) is 0 Å². The maximum atomic E-state index is 12.3. The number of carbonyl (C=O) groups excluding carboxylic acids is 1. The van der Waals surface area contributed by atoms with Crippen molar-refractivity contribution in [2.75, 3.05) is 20.2 Å². The van der Waals surface area contributed by atoms with Gasteiger partial charge in [-0.05, 0) is 32.8 Å². The summed E-state index contributed by atoms with van der Waals surface area (Å²) in [7, 11) is 1.55. The number of carbonyl (C=O) groups is 1. The topological polar surface area (TPSA) is 54.5 Å². The molecule has 1 unspecified atom stereocenters. The lowest BCUT2D eigenvalue weighted by molar-refractivity contribution is 0.0830. The summed E-state index contributed by atoms with van der Waals surface area (Å²) in [6, 6.07) is 3.43. The van der Waals surface area contributed by atoms with Gasteiger partial charge in [-0.25, -0.2) is 4.98 Å². The molecule has 0 saturated carbocycles. The van der Waals surface area contributed by atoms with Crippen LogP contribution >= 0.6 is 12.6 Å². The van der Waals surface area contributed by atoms with Crippen LogP contribution in [-0.4, -0.2) is 46.9 Å². The third-order valence-electron chi connectivity index (χ3n) is 4.05. The molecule has 1 amide bonds. The molecule has 0 aliphatic carbocycles. The average Bonchev–Trinajstić information content (AvgIpc) is 2.47. The van der Waals surface area contributed by atoms with Crippen LogP contribution in [0, 0.1) is 0 Å². The van der Waals surface area contributed by atoms with Gasteiger partial charge in [-0.15, -0.1) is 0 Å². The molecule has 0 spiro atoms. The summed E-state index contributed by atoms with van der Waals surface area (Å²) in [6.07, 6.45) is 3.39. The van der Waals surface area contributed by atoms with E-state index in [1.54, 1.807) is 25.4 Å². The molecule has 5 nitrogen and oxygen atoms in total. The minimum Gasteiger partial charge on any atom is -0.481 e. The number of hydrogen-bond acceptors (Lipinski definition) is 5. The van der Waals surface area contributed by atoms with Crippen molar-refractivity contribution in [3.63, 3.8) is 0 Å². The molecular formula is C15H23N3O2S. The Kier molecular flexibility index (Phi) is 5.11. The van der Waals surface area contributed by atoms with E-state index in [1.165, 1.54) is 0 Å². The van der Waals surface area contributed by atoms with Gasteiger partial charge in [0, 0.05) is 36.3 Å². The van der Waals surface area contributed by atoms with Crippen molar-refractivity contribution in [2.24, 2.45) is 0 Å². The number of rotatable bonds is 4. The average molecular weight is 309 g/mol. The van der Waals surface area contributed by atoms with Crippen molar-refractivity contribution in [1.82, 2.24) is 15.2 Å². The molecule has 2 heterocycles. The zero-order chi connectivity index (χ0) is 15.5. The Morgan fingerprint density at radius 2 is 2.14 bits per heavy atom. The van der Waals surface area contributed by atoms with E-state index in [4.69, 9.17) is 4.74 Å². The number of likely N-dealkylation sites (tertiary alicyclic amines) is 1. The molecular weight excluding hydrogens is 286 g/mol. The summed E-state index contributed by atoms with van der Waals surface area (Å²) in [5.74, 6) is 0.425. The van der Waals surface area contributed by atoms with Gasteiger partial charge in [0.25, 0.3) is 5.91 Å². The summed E-state index contributed by atoms with van der Waals surface area (Å²) in [5.41, 5.74) is 0.387. The molecule has 1 atom stereocenters. The number of amides is 1. The third-order valence-corrected chi connectivity index (χ3v) is 4.38. The predicted molar refractivity (Wildman–Crippen MR) is 85.9 cm³/mol. The highest BCUT2D eigenvalue weighted by atomic mass is 32.1. The minimum atomic E-state index is -0.170. The van der Waals surface area contributed by atoms with E-state index < -0.39 is 0 Å². The van der Waals surface area contributed by atoms with Crippen molar-refractivity contribution in [1.29, 1.82) is 0 Å². The van der Waals surface area contributed by atoms with Crippen LogP contribution in [0.4, 0.5) is 0 Å². The summed E-state index contributed by atoms with van der Waals surface area (Å²) in [4.78, 5) is 18.7. The Labute approximate surface area is 131 Å². The molecule has 1 aliphatic heterocycles. The van der Waals surface area contributed by atoms with Gasteiger partial charge in [0.05, 0.1) is 12.7 Å². The first-order valence-corrected chi connectivity index (χ1v) is 7.70. The lowest BCUT2D eigenvalue weighted by Crippen LogP contribution is -2.54. The number of piperidine rings is 1. The van der Waals surface area contributed by atoms with Crippen molar-refractivity contribution < 1.29 is 9.53 Å².